The van der Waals surface area contributed by atoms with Gasteiger partial charge in [0.25, 0.3) is 0 Å². The molecule has 5 rings (SSSR count). The summed E-state index contributed by atoms with van der Waals surface area (Å²) < 4.78 is 5.68. The average molecular weight is 372 g/mol. The highest BCUT2D eigenvalue weighted by atomic mass is 32.1. The van der Waals surface area contributed by atoms with Crippen LogP contribution in [0, 0.1) is 5.92 Å². The molecule has 2 aromatic rings. The van der Waals surface area contributed by atoms with Crippen LogP contribution < -0.4 is 0 Å². The zero-order chi connectivity index (χ0) is 17.8. The molecule has 1 aromatic carbocycles. The summed E-state index contributed by atoms with van der Waals surface area (Å²) in [5.41, 5.74) is 4.13. The zero-order valence-electron chi connectivity index (χ0n) is 14.9. The fourth-order valence-electron chi connectivity index (χ4n) is 4.07. The number of carbonyl (C=O) groups is 1. The molecule has 2 atom stereocenters. The summed E-state index contributed by atoms with van der Waals surface area (Å²) in [5.74, 6) is 0.691. The largest absolute Gasteiger partial charge is 0.367 e. The standard InChI is InChI=1S/C20H25N3O2S/c24-20(13-25-12-16-4-2-1-3-5-16)23-9-17-6-7-19(23)11-22(8-17)10-18-14-26-15-21-18/h1-5,14-15,17,19H,6-13H2/t17-,19+/m0/s1. The third kappa shape index (κ3) is 4.31. The van der Waals surface area contributed by atoms with Gasteiger partial charge < -0.3 is 9.64 Å². The Labute approximate surface area is 158 Å². The lowest BCUT2D eigenvalue weighted by Crippen LogP contribution is -2.48. The van der Waals surface area contributed by atoms with Crippen LogP contribution in [0.3, 0.4) is 0 Å². The van der Waals surface area contributed by atoms with Gasteiger partial charge in [0.1, 0.15) is 6.61 Å². The highest BCUT2D eigenvalue weighted by molar-refractivity contribution is 7.07. The van der Waals surface area contributed by atoms with Crippen molar-refractivity contribution in [2.45, 2.75) is 32.0 Å². The second-order valence-corrected chi connectivity index (χ2v) is 8.01. The number of hydrogen-bond acceptors (Lipinski definition) is 5. The highest BCUT2D eigenvalue weighted by Gasteiger charge is 2.37. The maximum Gasteiger partial charge on any atom is 0.248 e. The van der Waals surface area contributed by atoms with Crippen LogP contribution >= 0.6 is 11.3 Å². The lowest BCUT2D eigenvalue weighted by Gasteiger charge is -2.36. The SMILES string of the molecule is O=C(COCc1ccccc1)N1C[C@H]2CC[C@@H]1CN(Cc1cscn1)C2. The van der Waals surface area contributed by atoms with E-state index in [4.69, 9.17) is 4.74 Å². The Morgan fingerprint density at radius 1 is 1.19 bits per heavy atom. The summed E-state index contributed by atoms with van der Waals surface area (Å²) in [6.07, 6.45) is 2.32. The van der Waals surface area contributed by atoms with E-state index in [0.29, 0.717) is 18.6 Å². The molecule has 3 fully saturated rings. The molecule has 0 radical (unpaired) electrons. The van der Waals surface area contributed by atoms with Crippen molar-refractivity contribution in [1.29, 1.82) is 0 Å². The van der Waals surface area contributed by atoms with Crippen molar-refractivity contribution < 1.29 is 9.53 Å². The molecule has 0 aliphatic carbocycles. The molecule has 5 nitrogen and oxygen atoms in total. The molecule has 3 aliphatic heterocycles. The Morgan fingerprint density at radius 2 is 2.08 bits per heavy atom. The van der Waals surface area contributed by atoms with Crippen molar-refractivity contribution in [2.24, 2.45) is 5.92 Å². The van der Waals surface area contributed by atoms with Gasteiger partial charge in [0.15, 0.2) is 0 Å². The first-order chi connectivity index (χ1) is 12.8. The Kier molecular flexibility index (Phi) is 5.62. The van der Waals surface area contributed by atoms with E-state index in [1.165, 1.54) is 6.42 Å². The van der Waals surface area contributed by atoms with Crippen LogP contribution in [0.4, 0.5) is 0 Å². The topological polar surface area (TPSA) is 45.7 Å². The molecule has 1 amide bonds. The molecule has 1 aromatic heterocycles. The molecular formula is C20H25N3O2S. The highest BCUT2D eigenvalue weighted by Crippen LogP contribution is 2.29. The summed E-state index contributed by atoms with van der Waals surface area (Å²) in [7, 11) is 0. The van der Waals surface area contributed by atoms with Crippen LogP contribution in [0.5, 0.6) is 0 Å². The van der Waals surface area contributed by atoms with Crippen LogP contribution in [0.25, 0.3) is 0 Å². The van der Waals surface area contributed by atoms with E-state index < -0.39 is 0 Å². The minimum Gasteiger partial charge on any atom is -0.367 e. The van der Waals surface area contributed by atoms with Gasteiger partial charge in [-0.2, -0.15) is 0 Å². The minimum absolute atomic E-state index is 0.131. The maximum atomic E-state index is 12.7. The van der Waals surface area contributed by atoms with Gasteiger partial charge in [-0.3, -0.25) is 9.69 Å². The average Bonchev–Trinajstić information content (AvgIpc) is 3.01. The molecule has 0 saturated carbocycles. The lowest BCUT2D eigenvalue weighted by molar-refractivity contribution is -0.140. The third-order valence-corrected chi connectivity index (χ3v) is 5.95. The second kappa shape index (κ2) is 8.29. The van der Waals surface area contributed by atoms with Gasteiger partial charge in [-0.15, -0.1) is 11.3 Å². The fraction of sp³-hybridized carbons (Fsp3) is 0.500. The monoisotopic (exact) mass is 371 g/mol. The number of carbonyl (C=O) groups excluding carboxylic acids is 1. The van der Waals surface area contributed by atoms with Gasteiger partial charge in [-0.1, -0.05) is 30.3 Å². The number of piperidine rings is 1. The van der Waals surface area contributed by atoms with Crippen molar-refractivity contribution in [3.8, 4) is 0 Å². The quantitative estimate of drug-likeness (QED) is 0.783. The molecule has 0 N–H and O–H groups in total. The first-order valence-corrected chi connectivity index (χ1v) is 10.2. The number of aromatic nitrogens is 1. The molecule has 3 aliphatic rings. The molecule has 3 saturated heterocycles. The normalized spacial score (nSPS) is 23.2. The Morgan fingerprint density at radius 3 is 2.88 bits per heavy atom. The summed E-state index contributed by atoms with van der Waals surface area (Å²) in [4.78, 5) is 21.7. The zero-order valence-corrected chi connectivity index (χ0v) is 15.7. The number of nitrogens with zero attached hydrogens (tertiary/aromatic N) is 3. The number of fused-ring (bicyclic) bond motifs is 4. The van der Waals surface area contributed by atoms with E-state index in [9.17, 15) is 4.79 Å². The van der Waals surface area contributed by atoms with Crippen molar-refractivity contribution in [3.05, 3.63) is 52.5 Å². The van der Waals surface area contributed by atoms with Crippen LogP contribution in [0.15, 0.2) is 41.2 Å². The Hall–Kier alpha value is -1.76. The van der Waals surface area contributed by atoms with Crippen molar-refractivity contribution in [3.63, 3.8) is 0 Å². The van der Waals surface area contributed by atoms with Crippen LogP contribution in [-0.4, -0.2) is 53.0 Å². The predicted octanol–water partition coefficient (Wildman–Crippen LogP) is 2.78. The molecule has 138 valence electrons. The molecule has 2 bridgehead atoms. The number of amides is 1. The van der Waals surface area contributed by atoms with E-state index in [2.05, 4.69) is 20.2 Å². The Balaban J connectivity index is 1.31. The molecule has 0 spiro atoms. The maximum absolute atomic E-state index is 12.7. The number of rotatable bonds is 6. The molecule has 4 heterocycles. The smallest absolute Gasteiger partial charge is 0.248 e. The summed E-state index contributed by atoms with van der Waals surface area (Å²) >= 11 is 1.64. The molecule has 0 unspecified atom stereocenters. The van der Waals surface area contributed by atoms with E-state index in [1.54, 1.807) is 11.3 Å². The van der Waals surface area contributed by atoms with Crippen molar-refractivity contribution in [2.75, 3.05) is 26.2 Å². The van der Waals surface area contributed by atoms with Crippen molar-refractivity contribution >= 4 is 17.2 Å². The van der Waals surface area contributed by atoms with E-state index in [-0.39, 0.29) is 12.5 Å². The van der Waals surface area contributed by atoms with Crippen molar-refractivity contribution in [1.82, 2.24) is 14.8 Å². The number of thiazole rings is 1. The van der Waals surface area contributed by atoms with Crippen LogP contribution in [-0.2, 0) is 22.7 Å². The first-order valence-electron chi connectivity index (χ1n) is 9.28. The third-order valence-electron chi connectivity index (χ3n) is 5.32. The molecule has 6 heteroatoms. The summed E-state index contributed by atoms with van der Waals surface area (Å²) in [6.45, 7) is 4.42. The van der Waals surface area contributed by atoms with Gasteiger partial charge in [0.2, 0.25) is 5.91 Å². The first kappa shape index (κ1) is 17.6. The van der Waals surface area contributed by atoms with Gasteiger partial charge in [0.05, 0.1) is 17.8 Å². The fourth-order valence-corrected chi connectivity index (χ4v) is 4.62. The van der Waals surface area contributed by atoms with Crippen LogP contribution in [0.2, 0.25) is 0 Å². The molecular weight excluding hydrogens is 346 g/mol. The molecule has 26 heavy (non-hydrogen) atoms. The van der Waals surface area contributed by atoms with Gasteiger partial charge in [-0.25, -0.2) is 4.98 Å². The number of ether oxygens (including phenoxy) is 1. The van der Waals surface area contributed by atoms with Crippen LogP contribution in [0.1, 0.15) is 24.1 Å². The van der Waals surface area contributed by atoms with Gasteiger partial charge >= 0.3 is 0 Å². The number of hydrogen-bond donors (Lipinski definition) is 0. The predicted molar refractivity (Wildman–Crippen MR) is 102 cm³/mol. The summed E-state index contributed by atoms with van der Waals surface area (Å²) in [6, 6.07) is 10.3. The summed E-state index contributed by atoms with van der Waals surface area (Å²) in [5, 5.41) is 2.12. The lowest BCUT2D eigenvalue weighted by atomic mass is 9.95. The minimum atomic E-state index is 0.131. The second-order valence-electron chi connectivity index (χ2n) is 7.30. The van der Waals surface area contributed by atoms with Gasteiger partial charge in [0, 0.05) is 37.6 Å². The van der Waals surface area contributed by atoms with E-state index in [0.717, 1.165) is 43.9 Å². The van der Waals surface area contributed by atoms with Gasteiger partial charge in [-0.05, 0) is 24.3 Å². The number of benzene rings is 1. The Bertz CT molecular complexity index is 707. The van der Waals surface area contributed by atoms with E-state index >= 15 is 0 Å². The van der Waals surface area contributed by atoms with E-state index in [1.807, 2.05) is 35.8 Å².